The molecule has 0 radical (unpaired) electrons. The Kier molecular flexibility index (Phi) is 2.60. The van der Waals surface area contributed by atoms with Gasteiger partial charge in [0.1, 0.15) is 0 Å². The molecule has 0 saturated carbocycles. The summed E-state index contributed by atoms with van der Waals surface area (Å²) in [6, 6.07) is 14.7. The van der Waals surface area contributed by atoms with Crippen LogP contribution in [0.15, 0.2) is 47.4 Å². The van der Waals surface area contributed by atoms with Gasteiger partial charge in [-0.1, -0.05) is 49.4 Å². The molecule has 1 atom stereocenters. The monoisotopic (exact) mass is 241 g/mol. The number of hydrogen-bond donors (Lipinski definition) is 1. The van der Waals surface area contributed by atoms with Gasteiger partial charge >= 0.3 is 0 Å². The molecule has 1 heterocycles. The second-order valence-corrected chi connectivity index (χ2v) is 5.96. The van der Waals surface area contributed by atoms with Crippen molar-refractivity contribution in [1.82, 2.24) is 0 Å². The maximum absolute atomic E-state index is 6.31. The quantitative estimate of drug-likeness (QED) is 0.764. The zero-order chi connectivity index (χ0) is 11.8. The topological polar surface area (TPSA) is 26.0 Å². The minimum atomic E-state index is 0.651. The summed E-state index contributed by atoms with van der Waals surface area (Å²) in [5, 5.41) is 0.651. The van der Waals surface area contributed by atoms with Crippen molar-refractivity contribution >= 4 is 17.4 Å². The number of anilines is 1. The Morgan fingerprint density at radius 2 is 1.88 bits per heavy atom. The van der Waals surface area contributed by atoms with Gasteiger partial charge in [-0.3, -0.25) is 0 Å². The molecule has 3 rings (SSSR count). The van der Waals surface area contributed by atoms with Crippen LogP contribution in [0, 0.1) is 0 Å². The third kappa shape index (κ3) is 1.83. The molecular formula is C15H15NS. The van der Waals surface area contributed by atoms with Crippen molar-refractivity contribution in [1.29, 1.82) is 0 Å². The second kappa shape index (κ2) is 4.11. The van der Waals surface area contributed by atoms with Crippen molar-refractivity contribution in [2.75, 3.05) is 5.73 Å². The van der Waals surface area contributed by atoms with Gasteiger partial charge in [-0.05, 0) is 17.5 Å². The molecule has 0 unspecified atom stereocenters. The van der Waals surface area contributed by atoms with Crippen molar-refractivity contribution in [3.8, 4) is 11.1 Å². The maximum atomic E-state index is 6.31. The Bertz CT molecular complexity index is 548. The summed E-state index contributed by atoms with van der Waals surface area (Å²) >= 11 is 1.90. The molecule has 2 N–H and O–H groups in total. The fourth-order valence-electron chi connectivity index (χ4n) is 2.37. The number of nitrogen functional groups attached to an aromatic ring is 1. The minimum absolute atomic E-state index is 0.651. The summed E-state index contributed by atoms with van der Waals surface area (Å²) in [6.45, 7) is 2.26. The van der Waals surface area contributed by atoms with E-state index in [0.717, 1.165) is 17.7 Å². The van der Waals surface area contributed by atoms with Gasteiger partial charge in [0.05, 0.1) is 5.69 Å². The van der Waals surface area contributed by atoms with Crippen molar-refractivity contribution in [3.63, 3.8) is 0 Å². The standard InChI is InChI=1S/C15H15NS/c1-10-9-12-7-8-13(14(16)15(12)17-10)11-5-3-2-4-6-11/h2-8,10H,9,16H2,1H3/t10-/m1/s1. The Balaban J connectivity index is 2.13. The predicted octanol–water partition coefficient (Wildman–Crippen LogP) is 3.97. The van der Waals surface area contributed by atoms with Crippen molar-refractivity contribution in [2.24, 2.45) is 0 Å². The van der Waals surface area contributed by atoms with E-state index in [4.69, 9.17) is 5.73 Å². The van der Waals surface area contributed by atoms with Crippen LogP contribution in [0.2, 0.25) is 0 Å². The second-order valence-electron chi connectivity index (χ2n) is 4.51. The minimum Gasteiger partial charge on any atom is -0.397 e. The molecule has 0 saturated heterocycles. The van der Waals surface area contributed by atoms with E-state index >= 15 is 0 Å². The largest absolute Gasteiger partial charge is 0.397 e. The van der Waals surface area contributed by atoms with Gasteiger partial charge < -0.3 is 5.73 Å². The molecule has 2 aromatic carbocycles. The normalized spacial score (nSPS) is 18.1. The Hall–Kier alpha value is -1.41. The fraction of sp³-hybridized carbons (Fsp3) is 0.200. The molecule has 1 aliphatic heterocycles. The highest BCUT2D eigenvalue weighted by molar-refractivity contribution is 8.00. The van der Waals surface area contributed by atoms with Crippen LogP contribution in [0.1, 0.15) is 12.5 Å². The van der Waals surface area contributed by atoms with E-state index in [9.17, 15) is 0 Å². The highest BCUT2D eigenvalue weighted by atomic mass is 32.2. The van der Waals surface area contributed by atoms with E-state index in [1.54, 1.807) is 0 Å². The highest BCUT2D eigenvalue weighted by Gasteiger charge is 2.22. The maximum Gasteiger partial charge on any atom is 0.0534 e. The summed E-state index contributed by atoms with van der Waals surface area (Å²) in [4.78, 5) is 1.29. The first-order valence-corrected chi connectivity index (χ1v) is 6.77. The average Bonchev–Trinajstić information content (AvgIpc) is 2.72. The number of thioether (sulfide) groups is 1. The van der Waals surface area contributed by atoms with Crippen molar-refractivity contribution in [2.45, 2.75) is 23.5 Å². The first-order valence-electron chi connectivity index (χ1n) is 5.89. The van der Waals surface area contributed by atoms with Gasteiger partial charge in [0, 0.05) is 15.7 Å². The molecule has 0 bridgehead atoms. The lowest BCUT2D eigenvalue weighted by Gasteiger charge is -2.10. The van der Waals surface area contributed by atoms with E-state index < -0.39 is 0 Å². The Morgan fingerprint density at radius 3 is 2.65 bits per heavy atom. The molecule has 2 heteroatoms. The van der Waals surface area contributed by atoms with E-state index in [1.165, 1.54) is 16.0 Å². The molecule has 0 fully saturated rings. The van der Waals surface area contributed by atoms with E-state index in [-0.39, 0.29) is 0 Å². The van der Waals surface area contributed by atoms with Gasteiger partial charge in [-0.2, -0.15) is 0 Å². The summed E-state index contributed by atoms with van der Waals surface area (Å²) in [5.74, 6) is 0. The van der Waals surface area contributed by atoms with E-state index in [1.807, 2.05) is 17.8 Å². The van der Waals surface area contributed by atoms with Gasteiger partial charge in [0.2, 0.25) is 0 Å². The number of hydrogen-bond acceptors (Lipinski definition) is 2. The first-order chi connectivity index (χ1) is 8.25. The molecule has 1 aliphatic rings. The van der Waals surface area contributed by atoms with Gasteiger partial charge in [-0.15, -0.1) is 11.8 Å². The van der Waals surface area contributed by atoms with Gasteiger partial charge in [-0.25, -0.2) is 0 Å². The third-order valence-electron chi connectivity index (χ3n) is 3.19. The van der Waals surface area contributed by atoms with Crippen molar-refractivity contribution in [3.05, 3.63) is 48.0 Å². The van der Waals surface area contributed by atoms with Gasteiger partial charge in [0.15, 0.2) is 0 Å². The molecule has 0 aliphatic carbocycles. The zero-order valence-corrected chi connectivity index (χ0v) is 10.6. The first kappa shape index (κ1) is 10.7. The lowest BCUT2D eigenvalue weighted by molar-refractivity contribution is 0.961. The van der Waals surface area contributed by atoms with Crippen LogP contribution in [0.25, 0.3) is 11.1 Å². The lowest BCUT2D eigenvalue weighted by Crippen LogP contribution is -1.94. The van der Waals surface area contributed by atoms with Crippen LogP contribution in [-0.2, 0) is 6.42 Å². The van der Waals surface area contributed by atoms with E-state index in [2.05, 4.69) is 43.3 Å². The molecule has 0 spiro atoms. The number of rotatable bonds is 1. The third-order valence-corrected chi connectivity index (χ3v) is 4.48. The smallest absolute Gasteiger partial charge is 0.0534 e. The Morgan fingerprint density at radius 1 is 1.12 bits per heavy atom. The summed E-state index contributed by atoms with van der Waals surface area (Å²) in [6.07, 6.45) is 1.14. The van der Waals surface area contributed by atoms with Crippen LogP contribution in [0.3, 0.4) is 0 Å². The molecular weight excluding hydrogens is 226 g/mol. The summed E-state index contributed by atoms with van der Waals surface area (Å²) < 4.78 is 0. The van der Waals surface area contributed by atoms with Crippen LogP contribution in [-0.4, -0.2) is 5.25 Å². The van der Waals surface area contributed by atoms with Crippen LogP contribution in [0.5, 0.6) is 0 Å². The molecule has 1 nitrogen and oxygen atoms in total. The van der Waals surface area contributed by atoms with Crippen LogP contribution in [0.4, 0.5) is 5.69 Å². The molecule has 0 aromatic heterocycles. The SMILES string of the molecule is C[C@@H]1Cc2ccc(-c3ccccc3)c(N)c2S1. The van der Waals surface area contributed by atoms with Crippen LogP contribution >= 0.6 is 11.8 Å². The lowest BCUT2D eigenvalue weighted by atomic mass is 10.0. The number of benzene rings is 2. The van der Waals surface area contributed by atoms with Gasteiger partial charge in [0.25, 0.3) is 0 Å². The predicted molar refractivity (Wildman–Crippen MR) is 75.3 cm³/mol. The zero-order valence-electron chi connectivity index (χ0n) is 9.81. The Labute approximate surface area is 106 Å². The average molecular weight is 241 g/mol. The van der Waals surface area contributed by atoms with E-state index in [0.29, 0.717) is 5.25 Å². The molecule has 17 heavy (non-hydrogen) atoms. The summed E-state index contributed by atoms with van der Waals surface area (Å²) in [7, 11) is 0. The molecule has 86 valence electrons. The summed E-state index contributed by atoms with van der Waals surface area (Å²) in [5.41, 5.74) is 11.0. The molecule has 0 amide bonds. The number of nitrogens with two attached hydrogens (primary N) is 1. The molecule has 2 aromatic rings. The van der Waals surface area contributed by atoms with Crippen molar-refractivity contribution < 1.29 is 0 Å². The van der Waals surface area contributed by atoms with Crippen LogP contribution < -0.4 is 5.73 Å². The highest BCUT2D eigenvalue weighted by Crippen LogP contribution is 2.44. The number of fused-ring (bicyclic) bond motifs is 1. The fourth-order valence-corrected chi connectivity index (χ4v) is 3.57.